The van der Waals surface area contributed by atoms with Gasteiger partial charge in [0.05, 0.1) is 35.5 Å². The molecule has 0 bridgehead atoms. The number of halogens is 3. The van der Waals surface area contributed by atoms with E-state index in [1.165, 1.54) is 24.1 Å². The average molecular weight is 521 g/mol. The van der Waals surface area contributed by atoms with Crippen LogP contribution in [-0.4, -0.2) is 30.6 Å². The molecule has 2 amide bonds. The van der Waals surface area contributed by atoms with Crippen molar-refractivity contribution in [1.82, 2.24) is 4.90 Å². The van der Waals surface area contributed by atoms with Crippen LogP contribution in [0, 0.1) is 11.3 Å². The zero-order valence-corrected chi connectivity index (χ0v) is 20.5. The Labute approximate surface area is 217 Å². The standard InChI is InChI=1S/C28H23F3N4O3/c1-3-38-26(36)23-24(19-14-12-18(17-32)13-15-19)34(2)27(37)35(25(23)33-21-9-5-4-6-10-21)22-11-7-8-20(16-22)28(29,30)31/h4-16,24,33H,3H2,1-2H3. The van der Waals surface area contributed by atoms with Crippen molar-refractivity contribution in [2.45, 2.75) is 19.1 Å². The summed E-state index contributed by atoms with van der Waals surface area (Å²) in [7, 11) is 1.45. The fraction of sp³-hybridized carbons (Fsp3) is 0.179. The number of benzene rings is 3. The minimum absolute atomic E-state index is 0.0138. The van der Waals surface area contributed by atoms with Gasteiger partial charge in [-0.15, -0.1) is 0 Å². The maximum absolute atomic E-state index is 13.8. The van der Waals surface area contributed by atoms with Crippen molar-refractivity contribution in [3.8, 4) is 6.07 Å². The van der Waals surface area contributed by atoms with E-state index in [1.54, 1.807) is 61.5 Å². The first-order valence-corrected chi connectivity index (χ1v) is 11.6. The van der Waals surface area contributed by atoms with Gasteiger partial charge in [0.25, 0.3) is 0 Å². The van der Waals surface area contributed by atoms with Crippen molar-refractivity contribution < 1.29 is 27.5 Å². The summed E-state index contributed by atoms with van der Waals surface area (Å²) in [6.07, 6.45) is -4.65. The third-order valence-corrected chi connectivity index (χ3v) is 5.95. The van der Waals surface area contributed by atoms with Gasteiger partial charge in [0, 0.05) is 12.7 Å². The number of nitrogens with zero attached hydrogens (tertiary/aromatic N) is 3. The van der Waals surface area contributed by atoms with Crippen molar-refractivity contribution in [1.29, 1.82) is 5.26 Å². The molecule has 0 fully saturated rings. The second-order valence-electron chi connectivity index (χ2n) is 8.39. The molecular formula is C28H23F3N4O3. The molecule has 3 aromatic rings. The molecular weight excluding hydrogens is 497 g/mol. The summed E-state index contributed by atoms with van der Waals surface area (Å²) in [6.45, 7) is 1.66. The normalized spacial score (nSPS) is 15.8. The molecule has 0 spiro atoms. The zero-order valence-electron chi connectivity index (χ0n) is 20.5. The van der Waals surface area contributed by atoms with Crippen LogP contribution in [0.25, 0.3) is 0 Å². The van der Waals surface area contributed by atoms with E-state index in [1.807, 2.05) is 6.07 Å². The zero-order chi connectivity index (χ0) is 27.4. The van der Waals surface area contributed by atoms with E-state index in [-0.39, 0.29) is 23.7 Å². The number of esters is 1. The van der Waals surface area contributed by atoms with Crippen LogP contribution in [0.4, 0.5) is 29.3 Å². The minimum atomic E-state index is -4.65. The highest BCUT2D eigenvalue weighted by Crippen LogP contribution is 2.41. The molecule has 1 aliphatic rings. The van der Waals surface area contributed by atoms with Gasteiger partial charge in [-0.25, -0.2) is 14.5 Å². The Morgan fingerprint density at radius 2 is 1.74 bits per heavy atom. The number of hydrogen-bond acceptors (Lipinski definition) is 5. The molecule has 1 heterocycles. The molecule has 1 aliphatic heterocycles. The van der Waals surface area contributed by atoms with Crippen LogP contribution in [0.5, 0.6) is 0 Å². The van der Waals surface area contributed by atoms with Gasteiger partial charge in [-0.05, 0) is 55.0 Å². The maximum atomic E-state index is 13.8. The van der Waals surface area contributed by atoms with Crippen molar-refractivity contribution in [2.75, 3.05) is 23.9 Å². The molecule has 3 aromatic carbocycles. The second kappa shape index (κ2) is 10.7. The lowest BCUT2D eigenvalue weighted by atomic mass is 9.94. The van der Waals surface area contributed by atoms with Crippen LogP contribution in [0.3, 0.4) is 0 Å². The highest BCUT2D eigenvalue weighted by atomic mass is 19.4. The second-order valence-corrected chi connectivity index (χ2v) is 8.39. The van der Waals surface area contributed by atoms with Gasteiger partial charge >= 0.3 is 18.2 Å². The summed E-state index contributed by atoms with van der Waals surface area (Å²) in [6, 6.07) is 19.7. The molecule has 7 nitrogen and oxygen atoms in total. The first kappa shape index (κ1) is 26.3. The number of alkyl halides is 3. The van der Waals surface area contributed by atoms with Gasteiger partial charge in [0.15, 0.2) is 0 Å². The SMILES string of the molecule is CCOC(=O)C1=C(Nc2ccccc2)N(c2cccc(C(F)(F)F)c2)C(=O)N(C)C1c1ccc(C#N)cc1. The van der Waals surface area contributed by atoms with Gasteiger partial charge in [-0.1, -0.05) is 36.4 Å². The number of rotatable bonds is 6. The summed E-state index contributed by atoms with van der Waals surface area (Å²) < 4.78 is 46.1. The molecule has 38 heavy (non-hydrogen) atoms. The number of carbonyl (C=O) groups is 2. The van der Waals surface area contributed by atoms with Crippen LogP contribution in [-0.2, 0) is 15.7 Å². The number of amides is 2. The Morgan fingerprint density at radius 3 is 2.34 bits per heavy atom. The van der Waals surface area contributed by atoms with E-state index in [0.717, 1.165) is 17.0 Å². The summed E-state index contributed by atoms with van der Waals surface area (Å²) >= 11 is 0. The van der Waals surface area contributed by atoms with E-state index in [2.05, 4.69) is 5.32 Å². The number of nitriles is 1. The van der Waals surface area contributed by atoms with E-state index in [0.29, 0.717) is 16.8 Å². The molecule has 1 N–H and O–H groups in total. The Kier molecular flexibility index (Phi) is 7.39. The maximum Gasteiger partial charge on any atom is 0.416 e. The monoisotopic (exact) mass is 520 g/mol. The average Bonchev–Trinajstić information content (AvgIpc) is 2.91. The largest absolute Gasteiger partial charge is 0.462 e. The van der Waals surface area contributed by atoms with Crippen LogP contribution in [0.1, 0.15) is 29.7 Å². The van der Waals surface area contributed by atoms with E-state index in [4.69, 9.17) is 4.74 Å². The Bertz CT molecular complexity index is 1410. The quantitative estimate of drug-likeness (QED) is 0.399. The van der Waals surface area contributed by atoms with Gasteiger partial charge in [0.2, 0.25) is 0 Å². The minimum Gasteiger partial charge on any atom is -0.462 e. The Balaban J connectivity index is 2.00. The molecule has 10 heteroatoms. The number of nitrogens with one attached hydrogen (secondary N) is 1. The van der Waals surface area contributed by atoms with Crippen LogP contribution in [0.15, 0.2) is 90.3 Å². The lowest BCUT2D eigenvalue weighted by Gasteiger charge is -2.42. The van der Waals surface area contributed by atoms with Gasteiger partial charge in [0.1, 0.15) is 11.4 Å². The van der Waals surface area contributed by atoms with Crippen molar-refractivity contribution in [2.24, 2.45) is 0 Å². The summed E-state index contributed by atoms with van der Waals surface area (Å²) in [5.41, 5.74) is 0.371. The smallest absolute Gasteiger partial charge is 0.416 e. The highest BCUT2D eigenvalue weighted by Gasteiger charge is 2.43. The number of likely N-dealkylation sites (N-methyl/N-ethyl adjacent to an activating group) is 1. The van der Waals surface area contributed by atoms with Crippen molar-refractivity contribution >= 4 is 23.4 Å². The van der Waals surface area contributed by atoms with E-state index >= 15 is 0 Å². The fourth-order valence-corrected chi connectivity index (χ4v) is 4.20. The summed E-state index contributed by atoms with van der Waals surface area (Å²) in [5, 5.41) is 12.3. The van der Waals surface area contributed by atoms with Crippen molar-refractivity contribution in [3.05, 3.63) is 107 Å². The third kappa shape index (κ3) is 5.18. The van der Waals surface area contributed by atoms with Crippen LogP contribution < -0.4 is 10.2 Å². The molecule has 194 valence electrons. The number of anilines is 2. The van der Waals surface area contributed by atoms with Crippen molar-refractivity contribution in [3.63, 3.8) is 0 Å². The lowest BCUT2D eigenvalue weighted by Crippen LogP contribution is -2.51. The van der Waals surface area contributed by atoms with E-state index in [9.17, 15) is 28.0 Å². The number of carbonyl (C=O) groups excluding carboxylic acids is 2. The lowest BCUT2D eigenvalue weighted by molar-refractivity contribution is -0.139. The Hall–Kier alpha value is -4.78. The molecule has 0 aromatic heterocycles. The predicted molar refractivity (Wildman–Crippen MR) is 135 cm³/mol. The first-order chi connectivity index (χ1) is 18.2. The summed E-state index contributed by atoms with van der Waals surface area (Å²) in [5.74, 6) is -0.789. The molecule has 0 saturated carbocycles. The molecule has 1 atom stereocenters. The number of urea groups is 1. The molecule has 4 rings (SSSR count). The van der Waals surface area contributed by atoms with Gasteiger partial charge in [-0.3, -0.25) is 0 Å². The molecule has 0 radical (unpaired) electrons. The number of ether oxygens (including phenoxy) is 1. The molecule has 0 aliphatic carbocycles. The van der Waals surface area contributed by atoms with Gasteiger partial charge < -0.3 is 15.0 Å². The number of hydrogen-bond donors (Lipinski definition) is 1. The highest BCUT2D eigenvalue weighted by molar-refractivity contribution is 6.04. The molecule has 0 saturated heterocycles. The summed E-state index contributed by atoms with van der Waals surface area (Å²) in [4.78, 5) is 29.5. The van der Waals surface area contributed by atoms with Crippen LogP contribution in [0.2, 0.25) is 0 Å². The fourth-order valence-electron chi connectivity index (χ4n) is 4.20. The number of para-hydroxylation sites is 1. The van der Waals surface area contributed by atoms with Crippen LogP contribution >= 0.6 is 0 Å². The topological polar surface area (TPSA) is 85.7 Å². The third-order valence-electron chi connectivity index (χ3n) is 5.95. The Morgan fingerprint density at radius 1 is 1.05 bits per heavy atom. The van der Waals surface area contributed by atoms with Gasteiger partial charge in [-0.2, -0.15) is 18.4 Å². The predicted octanol–water partition coefficient (Wildman–Crippen LogP) is 6.08. The first-order valence-electron chi connectivity index (χ1n) is 11.6. The van der Waals surface area contributed by atoms with E-state index < -0.39 is 29.8 Å². The molecule has 1 unspecified atom stereocenters.